The lowest BCUT2D eigenvalue weighted by molar-refractivity contribution is 0.201. The van der Waals surface area contributed by atoms with Crippen LogP contribution in [-0.2, 0) is 10.0 Å². The van der Waals surface area contributed by atoms with E-state index < -0.39 is 27.2 Å². The summed E-state index contributed by atoms with van der Waals surface area (Å²) in [5.74, 6) is -1.16. The number of piperazine rings is 1. The van der Waals surface area contributed by atoms with Crippen LogP contribution in [0.5, 0.6) is 5.75 Å². The quantitative estimate of drug-likeness (QED) is 0.482. The minimum absolute atomic E-state index is 0.0191. The number of hydrogen-bond acceptors (Lipinski definition) is 7. The molecule has 0 N–H and O–H groups in total. The van der Waals surface area contributed by atoms with Gasteiger partial charge in [0.1, 0.15) is 17.3 Å². The molecule has 0 spiro atoms. The Kier molecular flexibility index (Phi) is 6.95. The summed E-state index contributed by atoms with van der Waals surface area (Å²) in [4.78, 5) is 19.3. The molecule has 2 aromatic heterocycles. The van der Waals surface area contributed by atoms with E-state index >= 15 is 0 Å². The number of sulfonamides is 1. The SMILES string of the molecule is CC1CCC(Oc2c(N3CCN(S(=O)(=O)c4ccccn4)CC3)cnn(-c3cc(F)cc(F)c3)c2=O)C1. The number of aromatic nitrogens is 3. The Balaban J connectivity index is 1.45. The predicted molar refractivity (Wildman–Crippen MR) is 132 cm³/mol. The maximum atomic E-state index is 13.9. The van der Waals surface area contributed by atoms with E-state index in [1.807, 2.05) is 4.90 Å². The van der Waals surface area contributed by atoms with Gasteiger partial charge in [-0.3, -0.25) is 4.79 Å². The molecule has 5 rings (SSSR count). The van der Waals surface area contributed by atoms with Gasteiger partial charge in [-0.2, -0.15) is 14.1 Å². The molecule has 0 radical (unpaired) electrons. The maximum absolute atomic E-state index is 13.9. The van der Waals surface area contributed by atoms with Crippen LogP contribution >= 0.6 is 0 Å². The molecule has 1 aliphatic carbocycles. The first-order valence-corrected chi connectivity index (χ1v) is 13.6. The van der Waals surface area contributed by atoms with Crippen molar-refractivity contribution in [1.82, 2.24) is 19.1 Å². The van der Waals surface area contributed by atoms with Crippen LogP contribution in [0.1, 0.15) is 26.2 Å². The van der Waals surface area contributed by atoms with Crippen molar-refractivity contribution in [3.63, 3.8) is 0 Å². The number of rotatable bonds is 6. The lowest BCUT2D eigenvalue weighted by atomic mass is 10.1. The molecule has 2 atom stereocenters. The van der Waals surface area contributed by atoms with Crippen LogP contribution in [0.3, 0.4) is 0 Å². The number of hydrogen-bond donors (Lipinski definition) is 0. The van der Waals surface area contributed by atoms with Crippen LogP contribution in [0.4, 0.5) is 14.5 Å². The molecule has 2 fully saturated rings. The summed E-state index contributed by atoms with van der Waals surface area (Å²) >= 11 is 0. The number of anilines is 1. The van der Waals surface area contributed by atoms with Crippen LogP contribution in [0.15, 0.2) is 58.6 Å². The van der Waals surface area contributed by atoms with E-state index in [1.165, 1.54) is 22.8 Å². The van der Waals surface area contributed by atoms with Gasteiger partial charge < -0.3 is 9.64 Å². The van der Waals surface area contributed by atoms with E-state index in [2.05, 4.69) is 17.0 Å². The Morgan fingerprint density at radius 1 is 1.03 bits per heavy atom. The van der Waals surface area contributed by atoms with E-state index in [1.54, 1.807) is 12.1 Å². The Morgan fingerprint density at radius 2 is 1.76 bits per heavy atom. The number of benzene rings is 1. The van der Waals surface area contributed by atoms with Crippen molar-refractivity contribution >= 4 is 15.7 Å². The molecule has 3 heterocycles. The monoisotopic (exact) mass is 531 g/mol. The molecule has 3 aromatic rings. The molecule has 2 aliphatic rings. The number of pyridine rings is 1. The van der Waals surface area contributed by atoms with Crippen molar-refractivity contribution in [3.05, 3.63) is 70.8 Å². The van der Waals surface area contributed by atoms with Crippen LogP contribution < -0.4 is 15.2 Å². The van der Waals surface area contributed by atoms with Crippen molar-refractivity contribution in [2.24, 2.45) is 5.92 Å². The highest BCUT2D eigenvalue weighted by Gasteiger charge is 2.32. The molecule has 196 valence electrons. The molecule has 9 nitrogen and oxygen atoms in total. The summed E-state index contributed by atoms with van der Waals surface area (Å²) in [6.07, 6.45) is 5.23. The molecule has 2 unspecified atom stereocenters. The van der Waals surface area contributed by atoms with E-state index in [0.29, 0.717) is 24.7 Å². The zero-order valence-corrected chi connectivity index (χ0v) is 21.1. The third kappa shape index (κ3) is 5.21. The van der Waals surface area contributed by atoms with E-state index in [-0.39, 0.29) is 35.7 Å². The first-order valence-electron chi connectivity index (χ1n) is 12.1. The van der Waals surface area contributed by atoms with Crippen molar-refractivity contribution in [1.29, 1.82) is 0 Å². The summed E-state index contributed by atoms with van der Waals surface area (Å²) in [6.45, 7) is 3.06. The van der Waals surface area contributed by atoms with Crippen molar-refractivity contribution in [2.75, 3.05) is 31.1 Å². The average molecular weight is 532 g/mol. The van der Waals surface area contributed by atoms with Gasteiger partial charge in [0, 0.05) is 38.4 Å². The largest absolute Gasteiger partial charge is 0.483 e. The number of nitrogens with zero attached hydrogens (tertiary/aromatic N) is 5. The molecule has 37 heavy (non-hydrogen) atoms. The highest BCUT2D eigenvalue weighted by Crippen LogP contribution is 2.32. The van der Waals surface area contributed by atoms with Crippen molar-refractivity contribution < 1.29 is 21.9 Å². The van der Waals surface area contributed by atoms with Gasteiger partial charge in [-0.15, -0.1) is 0 Å². The predicted octanol–water partition coefficient (Wildman–Crippen LogP) is 2.98. The third-order valence-corrected chi connectivity index (χ3v) is 8.57. The second-order valence-corrected chi connectivity index (χ2v) is 11.3. The smallest absolute Gasteiger partial charge is 0.316 e. The fourth-order valence-corrected chi connectivity index (χ4v) is 6.19. The molecule has 0 bridgehead atoms. The highest BCUT2D eigenvalue weighted by atomic mass is 32.2. The molecular weight excluding hydrogens is 504 g/mol. The molecule has 1 saturated carbocycles. The second kappa shape index (κ2) is 10.2. The van der Waals surface area contributed by atoms with Gasteiger partial charge in [-0.1, -0.05) is 13.0 Å². The lowest BCUT2D eigenvalue weighted by Crippen LogP contribution is -2.49. The fraction of sp³-hybridized carbons (Fsp3) is 0.400. The first-order chi connectivity index (χ1) is 17.7. The van der Waals surface area contributed by atoms with Gasteiger partial charge >= 0.3 is 5.56 Å². The van der Waals surface area contributed by atoms with Gasteiger partial charge in [0.15, 0.2) is 5.03 Å². The Bertz CT molecular complexity index is 1420. The molecule has 12 heteroatoms. The van der Waals surface area contributed by atoms with E-state index in [9.17, 15) is 22.0 Å². The van der Waals surface area contributed by atoms with Crippen LogP contribution in [-0.4, -0.2) is 59.8 Å². The summed E-state index contributed by atoms with van der Waals surface area (Å²) in [5.41, 5.74) is -0.261. The Hall–Kier alpha value is -3.38. The van der Waals surface area contributed by atoms with Gasteiger partial charge in [0.05, 0.1) is 18.0 Å². The first kappa shape index (κ1) is 25.3. The molecule has 1 aromatic carbocycles. The molecule has 1 saturated heterocycles. The second-order valence-electron chi connectivity index (χ2n) is 9.42. The maximum Gasteiger partial charge on any atom is 0.316 e. The Labute approximate surface area is 213 Å². The van der Waals surface area contributed by atoms with Crippen LogP contribution in [0, 0.1) is 17.6 Å². The molecule has 1 aliphatic heterocycles. The normalized spacial score (nSPS) is 20.8. The van der Waals surface area contributed by atoms with Gasteiger partial charge in [0.25, 0.3) is 10.0 Å². The highest BCUT2D eigenvalue weighted by molar-refractivity contribution is 7.89. The van der Waals surface area contributed by atoms with E-state index in [0.717, 1.165) is 42.1 Å². The summed E-state index contributed by atoms with van der Waals surface area (Å²) in [6, 6.07) is 7.50. The zero-order chi connectivity index (χ0) is 26.2. The minimum Gasteiger partial charge on any atom is -0.483 e. The summed E-state index contributed by atoms with van der Waals surface area (Å²) < 4.78 is 62.1. The standard InChI is InChI=1S/C25H27F2N5O4S/c1-17-5-6-21(12-17)36-24-22(16-29-32(25(24)33)20-14-18(26)13-19(27)15-20)30-8-10-31(11-9-30)37(34,35)23-4-2-3-7-28-23/h2-4,7,13-17,21H,5-6,8-12H2,1H3. The zero-order valence-electron chi connectivity index (χ0n) is 20.3. The average Bonchev–Trinajstić information content (AvgIpc) is 3.29. The van der Waals surface area contributed by atoms with Gasteiger partial charge in [-0.25, -0.2) is 22.2 Å². The van der Waals surface area contributed by atoms with Gasteiger partial charge in [-0.05, 0) is 49.4 Å². The summed E-state index contributed by atoms with van der Waals surface area (Å²) in [7, 11) is -3.75. The lowest BCUT2D eigenvalue weighted by Gasteiger charge is -2.35. The van der Waals surface area contributed by atoms with Crippen molar-refractivity contribution in [3.8, 4) is 11.4 Å². The van der Waals surface area contributed by atoms with Crippen molar-refractivity contribution in [2.45, 2.75) is 37.3 Å². The topological polar surface area (TPSA) is 97.6 Å². The molecule has 0 amide bonds. The fourth-order valence-electron chi connectivity index (χ4n) is 4.84. The van der Waals surface area contributed by atoms with Crippen LogP contribution in [0.2, 0.25) is 0 Å². The Morgan fingerprint density at radius 3 is 2.38 bits per heavy atom. The van der Waals surface area contributed by atoms with Crippen LogP contribution in [0.25, 0.3) is 5.69 Å². The summed E-state index contributed by atoms with van der Waals surface area (Å²) in [5, 5.41) is 4.16. The third-order valence-electron chi connectivity index (χ3n) is 6.76. The van der Waals surface area contributed by atoms with Gasteiger partial charge in [0.2, 0.25) is 5.75 Å². The van der Waals surface area contributed by atoms with E-state index in [4.69, 9.17) is 4.74 Å². The molecular formula is C25H27F2N5O4S. The number of ether oxygens (including phenoxy) is 1. The minimum atomic E-state index is -3.75. The number of halogens is 2.